The number of hydrogen-bond acceptors (Lipinski definition) is 4. The lowest BCUT2D eigenvalue weighted by molar-refractivity contribution is 0.289. The lowest BCUT2D eigenvalue weighted by atomic mass is 10.3. The molecule has 1 aromatic rings. The second-order valence-corrected chi connectivity index (χ2v) is 4.04. The van der Waals surface area contributed by atoms with E-state index in [1.165, 1.54) is 0 Å². The van der Waals surface area contributed by atoms with Crippen LogP contribution in [0.5, 0.6) is 0 Å². The maximum Gasteiger partial charge on any atom is 0.146 e. The van der Waals surface area contributed by atoms with Crippen LogP contribution in [0.1, 0.15) is 19.1 Å². The Hall–Kier alpha value is -0.480. The summed E-state index contributed by atoms with van der Waals surface area (Å²) in [6.07, 6.45) is 2.48. The molecule has 0 amide bonds. The van der Waals surface area contributed by atoms with Gasteiger partial charge in [-0.25, -0.2) is 0 Å². The van der Waals surface area contributed by atoms with Crippen molar-refractivity contribution < 1.29 is 9.63 Å². The van der Waals surface area contributed by atoms with Gasteiger partial charge < -0.3 is 9.63 Å². The van der Waals surface area contributed by atoms with E-state index in [4.69, 9.17) is 9.63 Å². The molecule has 1 atom stereocenters. The first-order valence-electron chi connectivity index (χ1n) is 3.95. The van der Waals surface area contributed by atoms with Crippen molar-refractivity contribution in [1.82, 2.24) is 5.16 Å². The van der Waals surface area contributed by atoms with Gasteiger partial charge in [0.05, 0.1) is 11.9 Å². The van der Waals surface area contributed by atoms with Crippen molar-refractivity contribution in [3.05, 3.63) is 18.0 Å². The van der Waals surface area contributed by atoms with Crippen LogP contribution < -0.4 is 0 Å². The third-order valence-corrected chi connectivity index (χ3v) is 2.79. The van der Waals surface area contributed by atoms with E-state index in [0.29, 0.717) is 5.25 Å². The fraction of sp³-hybridized carbons (Fsp3) is 0.625. The summed E-state index contributed by atoms with van der Waals surface area (Å²) in [5, 5.41) is 12.7. The Bertz CT molecular complexity index is 201. The largest absolute Gasteiger partial charge is 0.396 e. The lowest BCUT2D eigenvalue weighted by Crippen LogP contribution is -1.99. The zero-order chi connectivity index (χ0) is 8.81. The molecule has 1 rings (SSSR count). The Morgan fingerprint density at radius 2 is 2.58 bits per heavy atom. The number of aliphatic hydroxyl groups is 1. The molecule has 1 unspecified atom stereocenters. The summed E-state index contributed by atoms with van der Waals surface area (Å²) in [6, 6.07) is 1.86. The first-order valence-corrected chi connectivity index (χ1v) is 5.00. The van der Waals surface area contributed by atoms with Crippen molar-refractivity contribution in [2.24, 2.45) is 0 Å². The maximum absolute atomic E-state index is 8.64. The monoisotopic (exact) mass is 187 g/mol. The van der Waals surface area contributed by atoms with E-state index in [1.54, 1.807) is 18.0 Å². The van der Waals surface area contributed by atoms with Crippen LogP contribution in [0.4, 0.5) is 0 Å². The Kier molecular flexibility index (Phi) is 4.18. The molecule has 0 bridgehead atoms. The number of rotatable bonds is 5. The highest BCUT2D eigenvalue weighted by Crippen LogP contribution is 2.18. The van der Waals surface area contributed by atoms with Gasteiger partial charge in [-0.15, -0.1) is 0 Å². The number of thioether (sulfide) groups is 1. The third kappa shape index (κ3) is 3.28. The molecule has 0 radical (unpaired) electrons. The summed E-state index contributed by atoms with van der Waals surface area (Å²) in [5.74, 6) is 1.73. The molecular formula is C8H13NO2S. The summed E-state index contributed by atoms with van der Waals surface area (Å²) in [7, 11) is 0. The van der Waals surface area contributed by atoms with Crippen LogP contribution in [0.25, 0.3) is 0 Å². The third-order valence-electron chi connectivity index (χ3n) is 1.54. The Morgan fingerprint density at radius 3 is 3.17 bits per heavy atom. The van der Waals surface area contributed by atoms with Crippen molar-refractivity contribution in [2.45, 2.75) is 24.3 Å². The van der Waals surface area contributed by atoms with E-state index >= 15 is 0 Å². The second-order valence-electron chi connectivity index (χ2n) is 2.61. The molecule has 1 heterocycles. The Labute approximate surface area is 76.1 Å². The van der Waals surface area contributed by atoms with Crippen LogP contribution in [0.15, 0.2) is 16.8 Å². The molecule has 0 aromatic carbocycles. The molecule has 0 saturated carbocycles. The second kappa shape index (κ2) is 5.22. The highest BCUT2D eigenvalue weighted by molar-refractivity contribution is 7.99. The zero-order valence-corrected chi connectivity index (χ0v) is 7.88. The van der Waals surface area contributed by atoms with Crippen molar-refractivity contribution in [2.75, 3.05) is 6.61 Å². The molecule has 0 spiro atoms. The lowest BCUT2D eigenvalue weighted by Gasteiger charge is -2.06. The number of aromatic nitrogens is 1. The van der Waals surface area contributed by atoms with Crippen LogP contribution in [0.3, 0.4) is 0 Å². The van der Waals surface area contributed by atoms with Gasteiger partial charge in [0.1, 0.15) is 5.76 Å². The summed E-state index contributed by atoms with van der Waals surface area (Å²) in [6.45, 7) is 2.35. The average Bonchev–Trinajstić information content (AvgIpc) is 2.53. The van der Waals surface area contributed by atoms with Crippen molar-refractivity contribution in [3.63, 3.8) is 0 Å². The fourth-order valence-corrected chi connectivity index (χ4v) is 1.68. The fourth-order valence-electron chi connectivity index (χ4n) is 0.806. The molecular weight excluding hydrogens is 174 g/mol. The van der Waals surface area contributed by atoms with Gasteiger partial charge in [0.2, 0.25) is 0 Å². The van der Waals surface area contributed by atoms with Gasteiger partial charge in [-0.3, -0.25) is 0 Å². The minimum Gasteiger partial charge on any atom is -0.396 e. The number of hydrogen-bond donors (Lipinski definition) is 1. The molecule has 3 nitrogen and oxygen atoms in total. The molecule has 12 heavy (non-hydrogen) atoms. The van der Waals surface area contributed by atoms with Crippen LogP contribution in [-0.2, 0) is 5.75 Å². The van der Waals surface area contributed by atoms with E-state index < -0.39 is 0 Å². The Morgan fingerprint density at radius 1 is 1.75 bits per heavy atom. The van der Waals surface area contributed by atoms with Gasteiger partial charge in [0.15, 0.2) is 0 Å². The molecule has 0 saturated heterocycles. The van der Waals surface area contributed by atoms with Gasteiger partial charge in [0.25, 0.3) is 0 Å². The Balaban J connectivity index is 2.17. The predicted molar refractivity (Wildman–Crippen MR) is 49.0 cm³/mol. The molecule has 1 aromatic heterocycles. The molecule has 0 fully saturated rings. The molecule has 68 valence electrons. The van der Waals surface area contributed by atoms with Crippen LogP contribution >= 0.6 is 11.8 Å². The minimum atomic E-state index is 0.255. The first kappa shape index (κ1) is 9.61. The van der Waals surface area contributed by atoms with E-state index in [0.717, 1.165) is 17.9 Å². The molecule has 0 aliphatic rings. The topological polar surface area (TPSA) is 46.3 Å². The van der Waals surface area contributed by atoms with Crippen LogP contribution in [0.2, 0.25) is 0 Å². The van der Waals surface area contributed by atoms with Gasteiger partial charge in [-0.2, -0.15) is 11.8 Å². The normalized spacial score (nSPS) is 13.2. The highest BCUT2D eigenvalue weighted by Gasteiger charge is 2.03. The minimum absolute atomic E-state index is 0.255. The summed E-state index contributed by atoms with van der Waals surface area (Å²) < 4.78 is 4.93. The van der Waals surface area contributed by atoms with Crippen molar-refractivity contribution in [1.29, 1.82) is 0 Å². The predicted octanol–water partition coefficient (Wildman–Crippen LogP) is 1.68. The average molecular weight is 187 g/mol. The summed E-state index contributed by atoms with van der Waals surface area (Å²) >= 11 is 1.76. The smallest absolute Gasteiger partial charge is 0.146 e. The van der Waals surface area contributed by atoms with E-state index in [-0.39, 0.29) is 6.61 Å². The van der Waals surface area contributed by atoms with E-state index in [9.17, 15) is 0 Å². The summed E-state index contributed by atoms with van der Waals surface area (Å²) in [5.41, 5.74) is 0. The quantitative estimate of drug-likeness (QED) is 0.761. The standard InChI is InChI=1S/C8H13NO2S/c1-7(3-5-10)12-6-8-2-4-9-11-8/h2,4,7,10H,3,5-6H2,1H3. The van der Waals surface area contributed by atoms with Crippen molar-refractivity contribution >= 4 is 11.8 Å². The van der Waals surface area contributed by atoms with Gasteiger partial charge in [0, 0.05) is 17.9 Å². The highest BCUT2D eigenvalue weighted by atomic mass is 32.2. The van der Waals surface area contributed by atoms with Gasteiger partial charge >= 0.3 is 0 Å². The molecule has 1 N–H and O–H groups in total. The molecule has 4 heteroatoms. The van der Waals surface area contributed by atoms with E-state index in [2.05, 4.69) is 12.1 Å². The number of nitrogens with zero attached hydrogens (tertiary/aromatic N) is 1. The first-order chi connectivity index (χ1) is 5.83. The molecule has 0 aliphatic heterocycles. The zero-order valence-electron chi connectivity index (χ0n) is 7.06. The number of aliphatic hydroxyl groups excluding tert-OH is 1. The SMILES string of the molecule is CC(CCO)SCc1ccno1. The van der Waals surface area contributed by atoms with E-state index in [1.807, 2.05) is 6.07 Å². The van der Waals surface area contributed by atoms with Crippen molar-refractivity contribution in [3.8, 4) is 0 Å². The van der Waals surface area contributed by atoms with Crippen LogP contribution in [-0.4, -0.2) is 22.1 Å². The summed E-state index contributed by atoms with van der Waals surface area (Å²) in [4.78, 5) is 0. The van der Waals surface area contributed by atoms with Gasteiger partial charge in [-0.1, -0.05) is 12.1 Å². The van der Waals surface area contributed by atoms with Crippen LogP contribution in [0, 0.1) is 0 Å². The molecule has 0 aliphatic carbocycles. The van der Waals surface area contributed by atoms with Gasteiger partial charge in [-0.05, 0) is 6.42 Å². The maximum atomic E-state index is 8.64.